The molecule has 1 amide bonds. The van der Waals surface area contributed by atoms with Crippen molar-refractivity contribution in [2.24, 2.45) is 23.2 Å². The van der Waals surface area contributed by atoms with E-state index in [1.807, 2.05) is 18.2 Å². The Morgan fingerprint density at radius 3 is 2.38 bits per heavy atom. The lowest BCUT2D eigenvalue weighted by Gasteiger charge is -2.56. The van der Waals surface area contributed by atoms with Gasteiger partial charge in [0.1, 0.15) is 12.1 Å². The van der Waals surface area contributed by atoms with Crippen LogP contribution in [0.15, 0.2) is 35.7 Å². The van der Waals surface area contributed by atoms with E-state index in [0.717, 1.165) is 35.5 Å². The number of anilines is 1. The van der Waals surface area contributed by atoms with Crippen molar-refractivity contribution in [3.63, 3.8) is 0 Å². The second-order valence-electron chi connectivity index (χ2n) is 12.3. The van der Waals surface area contributed by atoms with Crippen LogP contribution in [0.3, 0.4) is 0 Å². The number of aromatic amines is 1. The van der Waals surface area contributed by atoms with Crippen LogP contribution in [0.5, 0.6) is 0 Å². The number of halogens is 1. The van der Waals surface area contributed by atoms with E-state index in [-0.39, 0.29) is 16.5 Å². The molecule has 1 saturated heterocycles. The molecular formula is C28H33ClN6O3S. The van der Waals surface area contributed by atoms with Crippen LogP contribution in [0.2, 0.25) is 5.02 Å². The Morgan fingerprint density at radius 2 is 1.74 bits per heavy atom. The Morgan fingerprint density at radius 1 is 1.05 bits per heavy atom. The predicted octanol–water partition coefficient (Wildman–Crippen LogP) is 4.40. The first-order valence-electron chi connectivity index (χ1n) is 14.0. The Bertz CT molecular complexity index is 1480. The molecule has 0 atom stereocenters. The average molecular weight is 569 g/mol. The number of carbonyl (C=O) groups excluding carboxylic acids is 1. The monoisotopic (exact) mass is 568 g/mol. The normalized spacial score (nSPS) is 28.7. The number of nitrogens with zero attached hydrogens (tertiary/aromatic N) is 4. The van der Waals surface area contributed by atoms with Crippen molar-refractivity contribution in [2.75, 3.05) is 24.5 Å². The summed E-state index contributed by atoms with van der Waals surface area (Å²) in [6.45, 7) is 1.84. The van der Waals surface area contributed by atoms with Gasteiger partial charge in [0, 0.05) is 25.0 Å². The van der Waals surface area contributed by atoms with Crippen molar-refractivity contribution in [1.82, 2.24) is 25.5 Å². The molecule has 1 aromatic carbocycles. The van der Waals surface area contributed by atoms with Gasteiger partial charge in [-0.05, 0) is 98.8 Å². The smallest absolute Gasteiger partial charge is 0.253 e. The number of hydrogen-bond donors (Lipinski definition) is 2. The summed E-state index contributed by atoms with van der Waals surface area (Å²) in [6, 6.07) is 7.41. The largest absolute Gasteiger partial charge is 0.357 e. The van der Waals surface area contributed by atoms with Crippen LogP contribution in [-0.4, -0.2) is 59.4 Å². The van der Waals surface area contributed by atoms with E-state index in [1.54, 1.807) is 6.07 Å². The van der Waals surface area contributed by atoms with Gasteiger partial charge in [0.2, 0.25) is 15.0 Å². The van der Waals surface area contributed by atoms with Crippen molar-refractivity contribution in [3.8, 4) is 0 Å². The van der Waals surface area contributed by atoms with E-state index in [4.69, 9.17) is 16.6 Å². The van der Waals surface area contributed by atoms with Crippen molar-refractivity contribution in [1.29, 1.82) is 0 Å². The van der Waals surface area contributed by atoms with Gasteiger partial charge in [-0.2, -0.15) is 5.10 Å². The molecule has 2 aromatic heterocycles. The average Bonchev–Trinajstić information content (AvgIpc) is 3.47. The molecule has 4 bridgehead atoms. The maximum Gasteiger partial charge on any atom is 0.253 e. The molecule has 9 nitrogen and oxygen atoms in total. The van der Waals surface area contributed by atoms with Crippen molar-refractivity contribution in [2.45, 2.75) is 61.8 Å². The minimum absolute atomic E-state index is 0.0735. The number of benzene rings is 1. The van der Waals surface area contributed by atoms with E-state index in [9.17, 15) is 13.2 Å². The third-order valence-electron chi connectivity index (χ3n) is 9.69. The van der Waals surface area contributed by atoms with E-state index in [0.29, 0.717) is 42.0 Å². The number of amides is 1. The Balaban J connectivity index is 1.06. The second kappa shape index (κ2) is 9.44. The Kier molecular flexibility index (Phi) is 6.11. The van der Waals surface area contributed by atoms with Gasteiger partial charge in [-0.25, -0.2) is 18.4 Å². The summed E-state index contributed by atoms with van der Waals surface area (Å²) in [5, 5.41) is 10.0. The fourth-order valence-electron chi connectivity index (χ4n) is 8.32. The highest BCUT2D eigenvalue weighted by Crippen LogP contribution is 2.59. The minimum Gasteiger partial charge on any atom is -0.357 e. The van der Waals surface area contributed by atoms with E-state index < -0.39 is 15.1 Å². The van der Waals surface area contributed by atoms with Gasteiger partial charge in [0.25, 0.3) is 5.91 Å². The highest BCUT2D eigenvalue weighted by atomic mass is 35.5. The van der Waals surface area contributed by atoms with Gasteiger partial charge < -0.3 is 10.2 Å². The maximum absolute atomic E-state index is 13.5. The number of carbonyl (C=O) groups is 1. The first-order chi connectivity index (χ1) is 18.8. The van der Waals surface area contributed by atoms with Gasteiger partial charge in [-0.15, -0.1) is 0 Å². The van der Waals surface area contributed by atoms with Gasteiger partial charge in [0.15, 0.2) is 0 Å². The van der Waals surface area contributed by atoms with Crippen LogP contribution < -0.4 is 10.2 Å². The topological polar surface area (TPSA) is 121 Å². The molecule has 3 aromatic rings. The van der Waals surface area contributed by atoms with E-state index in [2.05, 4.69) is 25.4 Å². The van der Waals surface area contributed by atoms with Crippen LogP contribution >= 0.6 is 11.6 Å². The summed E-state index contributed by atoms with van der Waals surface area (Å²) in [6.07, 6.45) is 10.0. The van der Waals surface area contributed by atoms with Gasteiger partial charge in [-0.1, -0.05) is 11.6 Å². The molecule has 4 saturated carbocycles. The lowest BCUT2D eigenvalue weighted by molar-refractivity contribution is -0.0503. The predicted molar refractivity (Wildman–Crippen MR) is 148 cm³/mol. The summed E-state index contributed by atoms with van der Waals surface area (Å²) in [5.74, 6) is 3.15. The van der Waals surface area contributed by atoms with Gasteiger partial charge in [-0.3, -0.25) is 9.89 Å². The molecule has 0 unspecified atom stereocenters. The van der Waals surface area contributed by atoms with Crippen LogP contribution in [-0.2, 0) is 9.84 Å². The molecule has 1 aliphatic heterocycles. The third kappa shape index (κ3) is 4.49. The molecule has 11 heteroatoms. The molecule has 5 aliphatic rings. The summed E-state index contributed by atoms with van der Waals surface area (Å²) in [5.41, 5.74) is 1.43. The zero-order valence-corrected chi connectivity index (χ0v) is 23.3. The van der Waals surface area contributed by atoms with Crippen LogP contribution in [0.4, 0.5) is 5.82 Å². The number of hydrogen-bond acceptors (Lipinski definition) is 7. The molecular weight excluding hydrogens is 536 g/mol. The Hall–Kier alpha value is -2.72. The number of rotatable bonds is 6. The fraction of sp³-hybridized carbons (Fsp3) is 0.571. The van der Waals surface area contributed by atoms with Crippen molar-refractivity contribution < 1.29 is 13.2 Å². The van der Waals surface area contributed by atoms with Crippen LogP contribution in [0, 0.1) is 23.2 Å². The molecule has 206 valence electrons. The minimum atomic E-state index is -3.53. The molecule has 8 rings (SSSR count). The lowest BCUT2D eigenvalue weighted by atomic mass is 9.49. The second-order valence-corrected chi connectivity index (χ2v) is 14.8. The first kappa shape index (κ1) is 25.3. The highest BCUT2D eigenvalue weighted by molar-refractivity contribution is 7.91. The van der Waals surface area contributed by atoms with Gasteiger partial charge >= 0.3 is 0 Å². The lowest BCUT2D eigenvalue weighted by Crippen LogP contribution is -2.51. The number of fused-ring (bicyclic) bond motifs is 1. The Labute approximate surface area is 233 Å². The van der Waals surface area contributed by atoms with E-state index >= 15 is 0 Å². The standard InChI is InChI=1S/C28H33ClN6O3S/c29-22-2-3-23-21(25(22)26(36)30-15-28-12-17-9-18(13-28)11-19(10-17)14-28)1-4-24(33-23)35-7-5-20(6-8-35)39(37,38)27-31-16-32-34-27/h1-4,16-20H,5-15H2,(H,30,36)(H,31,32,34). The molecule has 4 aliphatic carbocycles. The van der Waals surface area contributed by atoms with E-state index in [1.165, 1.54) is 44.9 Å². The SMILES string of the molecule is O=C(NCC12CC3CC(CC(C3)C1)C2)c1c(Cl)ccc2nc(N3CCC(S(=O)(=O)c4ncn[nH]4)CC3)ccc12. The maximum atomic E-state index is 13.5. The van der Waals surface area contributed by atoms with Crippen molar-refractivity contribution in [3.05, 3.63) is 41.2 Å². The zero-order valence-electron chi connectivity index (χ0n) is 21.8. The van der Waals surface area contributed by atoms with Crippen LogP contribution in [0.25, 0.3) is 10.9 Å². The van der Waals surface area contributed by atoms with Crippen molar-refractivity contribution >= 4 is 44.1 Å². The fourth-order valence-corrected chi connectivity index (χ4v) is 10.1. The highest BCUT2D eigenvalue weighted by Gasteiger charge is 2.50. The molecule has 0 spiro atoms. The summed E-state index contributed by atoms with van der Waals surface area (Å²) >= 11 is 6.57. The molecule has 2 N–H and O–H groups in total. The molecule has 5 fully saturated rings. The first-order valence-corrected chi connectivity index (χ1v) is 15.9. The van der Waals surface area contributed by atoms with Crippen LogP contribution in [0.1, 0.15) is 61.7 Å². The molecule has 39 heavy (non-hydrogen) atoms. The number of aromatic nitrogens is 4. The number of sulfone groups is 1. The quantitative estimate of drug-likeness (QED) is 0.452. The number of nitrogens with one attached hydrogen (secondary N) is 2. The zero-order chi connectivity index (χ0) is 26.8. The summed E-state index contributed by atoms with van der Waals surface area (Å²) in [4.78, 5) is 24.3. The van der Waals surface area contributed by atoms with Gasteiger partial charge in [0.05, 0.1) is 21.4 Å². The summed E-state index contributed by atoms with van der Waals surface area (Å²) in [7, 11) is -3.53. The third-order valence-corrected chi connectivity index (χ3v) is 12.1. The number of pyridine rings is 1. The number of piperidine rings is 1. The number of H-pyrrole nitrogens is 1. The molecule has 3 heterocycles. The summed E-state index contributed by atoms with van der Waals surface area (Å²) < 4.78 is 25.6. The molecule has 0 radical (unpaired) electrons.